The minimum Gasteiger partial charge on any atom is -0.464 e. The minimum atomic E-state index is -1.40. The third-order valence-electron chi connectivity index (χ3n) is 5.26. The van der Waals surface area contributed by atoms with Crippen molar-refractivity contribution in [2.75, 3.05) is 7.11 Å². The Morgan fingerprint density at radius 2 is 1.83 bits per heavy atom. The molecule has 0 aliphatic carbocycles. The molecule has 11 heteroatoms. The number of aromatic nitrogens is 3. The van der Waals surface area contributed by atoms with E-state index in [1.54, 1.807) is 27.7 Å². The molecule has 160 valence electrons. The van der Waals surface area contributed by atoms with Crippen molar-refractivity contribution in [1.82, 2.24) is 15.0 Å². The molecular formula is C19H21BF3N3O4. The zero-order valence-electron chi connectivity index (χ0n) is 17.2. The van der Waals surface area contributed by atoms with Gasteiger partial charge in [0, 0.05) is 17.2 Å². The number of ether oxygens (including phenoxy) is 1. The highest BCUT2D eigenvalue weighted by atomic mass is 19.1. The van der Waals surface area contributed by atoms with Crippen LogP contribution in [0, 0.1) is 11.6 Å². The smallest absolute Gasteiger partial charge is 0.464 e. The van der Waals surface area contributed by atoms with Crippen molar-refractivity contribution in [3.63, 3.8) is 0 Å². The van der Waals surface area contributed by atoms with Gasteiger partial charge < -0.3 is 14.0 Å². The molecule has 0 atom stereocenters. The van der Waals surface area contributed by atoms with Crippen molar-refractivity contribution in [3.05, 3.63) is 53.0 Å². The standard InChI is InChI=1S/C19H21BF3N3O4/c1-18(2)19(3,4)30-20(29-18)16(23)13(12-7-6-11(21)8-14(12)22)9-26-10-15(24-25-26)17(27)28-5/h6-8,10H,9H2,1-5H3. The van der Waals surface area contributed by atoms with E-state index in [-0.39, 0.29) is 23.4 Å². The highest BCUT2D eigenvalue weighted by Crippen LogP contribution is 2.40. The van der Waals surface area contributed by atoms with Gasteiger partial charge in [-0.15, -0.1) is 5.10 Å². The lowest BCUT2D eigenvalue weighted by Gasteiger charge is -2.32. The fraction of sp³-hybridized carbons (Fsp3) is 0.421. The Bertz CT molecular complexity index is 991. The van der Waals surface area contributed by atoms with Gasteiger partial charge in [0.25, 0.3) is 0 Å². The topological polar surface area (TPSA) is 75.5 Å². The second kappa shape index (κ2) is 7.88. The first kappa shape index (κ1) is 22.0. The Hall–Kier alpha value is -2.66. The monoisotopic (exact) mass is 423 g/mol. The molecule has 0 spiro atoms. The van der Waals surface area contributed by atoms with Crippen LogP contribution in [0.15, 0.2) is 30.1 Å². The van der Waals surface area contributed by atoms with E-state index in [0.717, 1.165) is 16.8 Å². The van der Waals surface area contributed by atoms with E-state index in [0.29, 0.717) is 6.07 Å². The van der Waals surface area contributed by atoms with Crippen molar-refractivity contribution >= 4 is 18.7 Å². The molecule has 0 bridgehead atoms. The van der Waals surface area contributed by atoms with Crippen LogP contribution in [0.3, 0.4) is 0 Å². The Labute approximate surface area is 171 Å². The summed E-state index contributed by atoms with van der Waals surface area (Å²) in [7, 11) is -0.225. The maximum atomic E-state index is 15.6. The number of halogens is 3. The molecule has 30 heavy (non-hydrogen) atoms. The zero-order chi connectivity index (χ0) is 22.3. The van der Waals surface area contributed by atoms with Gasteiger partial charge in [-0.25, -0.2) is 22.6 Å². The van der Waals surface area contributed by atoms with E-state index in [4.69, 9.17) is 9.31 Å². The Morgan fingerprint density at radius 3 is 2.40 bits per heavy atom. The summed E-state index contributed by atoms with van der Waals surface area (Å²) in [6.45, 7) is 6.68. The van der Waals surface area contributed by atoms with Crippen LogP contribution in [-0.2, 0) is 20.6 Å². The number of rotatable bonds is 5. The molecule has 1 aromatic carbocycles. The molecule has 1 aliphatic heterocycles. The summed E-state index contributed by atoms with van der Waals surface area (Å²) in [5, 5.41) is 7.40. The molecule has 1 aliphatic rings. The van der Waals surface area contributed by atoms with Crippen LogP contribution in [0.1, 0.15) is 43.7 Å². The lowest BCUT2D eigenvalue weighted by atomic mass is 9.82. The van der Waals surface area contributed by atoms with Crippen LogP contribution < -0.4 is 0 Å². The zero-order valence-corrected chi connectivity index (χ0v) is 17.2. The van der Waals surface area contributed by atoms with Gasteiger partial charge >= 0.3 is 13.1 Å². The van der Waals surface area contributed by atoms with Crippen LogP contribution in [0.5, 0.6) is 0 Å². The minimum absolute atomic E-state index is 0.104. The average molecular weight is 423 g/mol. The van der Waals surface area contributed by atoms with Crippen LogP contribution in [-0.4, -0.2) is 46.4 Å². The second-order valence-electron chi connectivity index (χ2n) is 7.83. The highest BCUT2D eigenvalue weighted by molar-refractivity contribution is 6.55. The molecule has 7 nitrogen and oxygen atoms in total. The molecule has 0 N–H and O–H groups in total. The number of hydrogen-bond acceptors (Lipinski definition) is 6. The first-order valence-corrected chi connectivity index (χ1v) is 9.13. The van der Waals surface area contributed by atoms with E-state index in [1.807, 2.05) is 0 Å². The fourth-order valence-corrected chi connectivity index (χ4v) is 2.85. The molecule has 2 heterocycles. The van der Waals surface area contributed by atoms with Crippen molar-refractivity contribution in [3.8, 4) is 0 Å². The van der Waals surface area contributed by atoms with Gasteiger partial charge in [0.1, 0.15) is 17.4 Å². The lowest BCUT2D eigenvalue weighted by Crippen LogP contribution is -2.41. The molecule has 3 rings (SSSR count). The molecule has 1 fully saturated rings. The summed E-state index contributed by atoms with van der Waals surface area (Å²) in [6.07, 6.45) is 1.23. The number of carbonyl (C=O) groups is 1. The summed E-state index contributed by atoms with van der Waals surface area (Å²) in [6, 6.07) is 2.77. The maximum absolute atomic E-state index is 15.6. The third kappa shape index (κ3) is 4.13. The first-order valence-electron chi connectivity index (χ1n) is 9.13. The molecule has 0 unspecified atom stereocenters. The molecule has 0 saturated carbocycles. The first-order chi connectivity index (χ1) is 13.9. The van der Waals surface area contributed by atoms with E-state index in [1.165, 1.54) is 13.3 Å². The predicted molar refractivity (Wildman–Crippen MR) is 102 cm³/mol. The van der Waals surface area contributed by atoms with Crippen LogP contribution in [0.25, 0.3) is 5.57 Å². The van der Waals surface area contributed by atoms with E-state index < -0.39 is 41.7 Å². The number of nitrogens with zero attached hydrogens (tertiary/aromatic N) is 3. The van der Waals surface area contributed by atoms with Gasteiger partial charge in [0.2, 0.25) is 0 Å². The third-order valence-corrected chi connectivity index (χ3v) is 5.26. The van der Waals surface area contributed by atoms with Crippen molar-refractivity contribution in [2.24, 2.45) is 0 Å². The van der Waals surface area contributed by atoms with Gasteiger partial charge in [-0.05, 0) is 39.8 Å². The average Bonchev–Trinajstić information content (AvgIpc) is 3.21. The van der Waals surface area contributed by atoms with Crippen LogP contribution in [0.2, 0.25) is 0 Å². The summed E-state index contributed by atoms with van der Waals surface area (Å²) in [5.41, 5.74) is -3.03. The fourth-order valence-electron chi connectivity index (χ4n) is 2.85. The number of benzene rings is 1. The Morgan fingerprint density at radius 1 is 1.20 bits per heavy atom. The van der Waals surface area contributed by atoms with Crippen LogP contribution in [0.4, 0.5) is 13.2 Å². The molecule has 0 amide bonds. The van der Waals surface area contributed by atoms with Crippen LogP contribution >= 0.6 is 0 Å². The Kier molecular flexibility index (Phi) is 5.79. The normalized spacial score (nSPS) is 18.3. The molecule has 0 radical (unpaired) electrons. The summed E-state index contributed by atoms with van der Waals surface area (Å²) >= 11 is 0. The van der Waals surface area contributed by atoms with E-state index in [2.05, 4.69) is 15.0 Å². The van der Waals surface area contributed by atoms with E-state index in [9.17, 15) is 13.6 Å². The molecule has 2 aromatic rings. The maximum Gasteiger partial charge on any atom is 0.525 e. The number of carbonyl (C=O) groups excluding carboxylic acids is 1. The number of allylic oxidation sites excluding steroid dienone is 1. The predicted octanol–water partition coefficient (Wildman–Crippen LogP) is 3.36. The van der Waals surface area contributed by atoms with Crippen molar-refractivity contribution in [1.29, 1.82) is 0 Å². The second-order valence-corrected chi connectivity index (χ2v) is 7.83. The van der Waals surface area contributed by atoms with E-state index >= 15 is 4.39 Å². The quantitative estimate of drug-likeness (QED) is 0.543. The number of hydrogen-bond donors (Lipinski definition) is 0. The van der Waals surface area contributed by atoms with Gasteiger partial charge in [0.15, 0.2) is 5.69 Å². The van der Waals surface area contributed by atoms with Gasteiger partial charge in [-0.1, -0.05) is 5.21 Å². The largest absolute Gasteiger partial charge is 0.525 e. The lowest BCUT2D eigenvalue weighted by molar-refractivity contribution is 0.00578. The SMILES string of the molecule is COC(=O)c1cn(CC(=C(F)B2OC(C)(C)C(C)(C)O2)c2ccc(F)cc2F)nn1. The van der Waals surface area contributed by atoms with Gasteiger partial charge in [-0.3, -0.25) is 0 Å². The molecule has 1 saturated heterocycles. The summed E-state index contributed by atoms with van der Waals surface area (Å²) in [4.78, 5) is 11.6. The number of esters is 1. The summed E-state index contributed by atoms with van der Waals surface area (Å²) in [5.74, 6) is -2.50. The molecule has 1 aromatic heterocycles. The molecular weight excluding hydrogens is 402 g/mol. The Balaban J connectivity index is 2.05. The van der Waals surface area contributed by atoms with Gasteiger partial charge in [-0.2, -0.15) is 0 Å². The highest BCUT2D eigenvalue weighted by Gasteiger charge is 2.53. The van der Waals surface area contributed by atoms with Gasteiger partial charge in [0.05, 0.1) is 31.1 Å². The van der Waals surface area contributed by atoms with Crippen molar-refractivity contribution in [2.45, 2.75) is 45.4 Å². The van der Waals surface area contributed by atoms with Crippen molar-refractivity contribution < 1.29 is 32.0 Å². The summed E-state index contributed by atoms with van der Waals surface area (Å²) < 4.78 is 60.6. The number of methoxy groups -OCH3 is 1.